The van der Waals surface area contributed by atoms with E-state index in [-0.39, 0.29) is 5.57 Å². The van der Waals surface area contributed by atoms with Gasteiger partial charge in [-0.1, -0.05) is 34.1 Å². The van der Waals surface area contributed by atoms with Crippen LogP contribution in [0.2, 0.25) is 0 Å². The molecule has 0 unspecified atom stereocenters. The number of benzene rings is 3. The molecule has 0 radical (unpaired) electrons. The highest BCUT2D eigenvalue weighted by molar-refractivity contribution is 14.1. The Morgan fingerprint density at radius 3 is 2.41 bits per heavy atom. The van der Waals surface area contributed by atoms with Crippen LogP contribution in [0.25, 0.3) is 6.08 Å². The van der Waals surface area contributed by atoms with Crippen LogP contribution in [0.3, 0.4) is 0 Å². The normalized spacial score (nSPS) is 11.0. The maximum Gasteiger partial charge on any atom is 0.266 e. The van der Waals surface area contributed by atoms with Gasteiger partial charge < -0.3 is 14.8 Å². The molecule has 174 valence electrons. The Morgan fingerprint density at radius 1 is 1.06 bits per heavy atom. The summed E-state index contributed by atoms with van der Waals surface area (Å²) < 4.78 is 13.6. The highest BCUT2D eigenvalue weighted by Crippen LogP contribution is 2.35. The van der Waals surface area contributed by atoms with E-state index in [1.807, 2.05) is 69.3 Å². The molecule has 34 heavy (non-hydrogen) atoms. The summed E-state index contributed by atoms with van der Waals surface area (Å²) in [5.74, 6) is 0.631. The number of rotatable bonds is 8. The number of hydrogen-bond acceptors (Lipinski definition) is 4. The lowest BCUT2D eigenvalue weighted by molar-refractivity contribution is -0.112. The summed E-state index contributed by atoms with van der Waals surface area (Å²) in [4.78, 5) is 12.7. The number of nitrogens with zero attached hydrogens (tertiary/aromatic N) is 1. The fraction of sp³-hybridized carbons (Fsp3) is 0.185. The van der Waals surface area contributed by atoms with Crippen LogP contribution in [0, 0.1) is 28.7 Å². The van der Waals surface area contributed by atoms with Crippen LogP contribution in [-0.2, 0) is 11.4 Å². The van der Waals surface area contributed by atoms with Crippen molar-refractivity contribution in [1.82, 2.24) is 0 Å². The third-order valence-electron chi connectivity index (χ3n) is 5.10. The summed E-state index contributed by atoms with van der Waals surface area (Å²) in [6.45, 7) is 6.70. The predicted octanol–water partition coefficient (Wildman–Crippen LogP) is 7.19. The van der Waals surface area contributed by atoms with Crippen LogP contribution in [0.1, 0.15) is 29.2 Å². The van der Waals surface area contributed by atoms with Crippen molar-refractivity contribution >= 4 is 56.2 Å². The first-order valence-electron chi connectivity index (χ1n) is 10.6. The molecule has 1 N–H and O–H groups in total. The summed E-state index contributed by atoms with van der Waals surface area (Å²) in [5.41, 5.74) is 4.49. The molecule has 3 aromatic rings. The molecule has 1 amide bonds. The Kier molecular flexibility index (Phi) is 9.13. The first-order valence-corrected chi connectivity index (χ1v) is 12.5. The number of aryl methyl sites for hydroxylation is 2. The fourth-order valence-electron chi connectivity index (χ4n) is 3.11. The van der Waals surface area contributed by atoms with Gasteiger partial charge in [-0.15, -0.1) is 0 Å². The van der Waals surface area contributed by atoms with Crippen molar-refractivity contribution in [3.8, 4) is 17.6 Å². The van der Waals surface area contributed by atoms with Gasteiger partial charge in [-0.3, -0.25) is 4.79 Å². The minimum absolute atomic E-state index is 0.0195. The molecule has 0 aliphatic carbocycles. The quantitative estimate of drug-likeness (QED) is 0.162. The van der Waals surface area contributed by atoms with Crippen molar-refractivity contribution in [2.75, 3.05) is 11.9 Å². The molecule has 0 aromatic heterocycles. The number of ether oxygens (including phenoxy) is 2. The molecule has 3 rings (SSSR count). The largest absolute Gasteiger partial charge is 0.490 e. The average molecular weight is 631 g/mol. The molecule has 3 aromatic carbocycles. The third kappa shape index (κ3) is 6.84. The molecule has 0 saturated heterocycles. The summed E-state index contributed by atoms with van der Waals surface area (Å²) in [5, 5.41) is 12.4. The zero-order valence-electron chi connectivity index (χ0n) is 19.1. The van der Waals surface area contributed by atoms with E-state index in [9.17, 15) is 10.1 Å². The van der Waals surface area contributed by atoms with Crippen LogP contribution in [0.4, 0.5) is 5.69 Å². The van der Waals surface area contributed by atoms with Gasteiger partial charge in [0, 0.05) is 13.7 Å². The van der Waals surface area contributed by atoms with Crippen molar-refractivity contribution < 1.29 is 14.3 Å². The molecule has 0 spiro atoms. The van der Waals surface area contributed by atoms with E-state index < -0.39 is 5.91 Å². The molecular weight excluding hydrogens is 607 g/mol. The highest BCUT2D eigenvalue weighted by Gasteiger charge is 2.14. The Morgan fingerprint density at radius 2 is 1.76 bits per heavy atom. The summed E-state index contributed by atoms with van der Waals surface area (Å²) in [7, 11) is 0. The second-order valence-corrected chi connectivity index (χ2v) is 9.69. The molecule has 0 heterocycles. The smallest absolute Gasteiger partial charge is 0.266 e. The van der Waals surface area contributed by atoms with Crippen LogP contribution >= 0.6 is 38.5 Å². The molecule has 0 atom stereocenters. The molecule has 0 aliphatic rings. The van der Waals surface area contributed by atoms with Crippen molar-refractivity contribution in [2.24, 2.45) is 0 Å². The van der Waals surface area contributed by atoms with Gasteiger partial charge in [0.15, 0.2) is 11.5 Å². The first-order chi connectivity index (χ1) is 16.3. The fourth-order valence-corrected chi connectivity index (χ4v) is 3.90. The lowest BCUT2D eigenvalue weighted by atomic mass is 10.1. The summed E-state index contributed by atoms with van der Waals surface area (Å²) >= 11 is 5.80. The molecule has 7 heteroatoms. The van der Waals surface area contributed by atoms with Gasteiger partial charge in [-0.25, -0.2) is 0 Å². The van der Waals surface area contributed by atoms with Gasteiger partial charge in [0.1, 0.15) is 18.2 Å². The lowest BCUT2D eigenvalue weighted by Gasteiger charge is -2.14. The first kappa shape index (κ1) is 25.8. The van der Waals surface area contributed by atoms with E-state index in [4.69, 9.17) is 9.47 Å². The maximum absolute atomic E-state index is 12.7. The van der Waals surface area contributed by atoms with Crippen LogP contribution in [0.5, 0.6) is 11.5 Å². The van der Waals surface area contributed by atoms with Crippen molar-refractivity contribution in [3.05, 3.63) is 90.5 Å². The molecule has 0 saturated carbocycles. The number of nitrogens with one attached hydrogen (secondary N) is 1. The van der Waals surface area contributed by atoms with Crippen LogP contribution in [-0.4, -0.2) is 12.5 Å². The molecule has 0 aliphatic heterocycles. The minimum atomic E-state index is -0.477. The van der Waals surface area contributed by atoms with Gasteiger partial charge in [-0.05, 0) is 108 Å². The number of hydrogen-bond donors (Lipinski definition) is 1. The standard InChI is InChI=1S/C27H24BrIN2O3/c1-4-33-25-13-20(24(28)14-26(25)34-16-19-6-8-22(29)9-7-19)12-21(15-30)27(32)31-23-10-5-17(2)18(3)11-23/h5-14H,4,16H2,1-3H3,(H,31,32)/b21-12+. The number of anilines is 1. The van der Waals surface area contributed by atoms with Crippen LogP contribution < -0.4 is 14.8 Å². The van der Waals surface area contributed by atoms with Crippen molar-refractivity contribution in [2.45, 2.75) is 27.4 Å². The highest BCUT2D eigenvalue weighted by atomic mass is 127. The summed E-state index contributed by atoms with van der Waals surface area (Å²) in [6, 6.07) is 19.3. The van der Waals surface area contributed by atoms with Gasteiger partial charge in [-0.2, -0.15) is 5.26 Å². The second kappa shape index (κ2) is 12.0. The zero-order chi connectivity index (χ0) is 24.7. The van der Waals surface area contributed by atoms with Crippen LogP contribution in [0.15, 0.2) is 64.6 Å². The molecule has 0 fully saturated rings. The number of carbonyl (C=O) groups excluding carboxylic acids is 1. The molecule has 5 nitrogen and oxygen atoms in total. The van der Waals surface area contributed by atoms with Gasteiger partial charge in [0.05, 0.1) is 6.61 Å². The minimum Gasteiger partial charge on any atom is -0.490 e. The second-order valence-electron chi connectivity index (χ2n) is 7.59. The number of nitriles is 1. The van der Waals surface area contributed by atoms with E-state index in [2.05, 4.69) is 43.8 Å². The average Bonchev–Trinajstić information content (AvgIpc) is 2.81. The predicted molar refractivity (Wildman–Crippen MR) is 147 cm³/mol. The topological polar surface area (TPSA) is 71.3 Å². The zero-order valence-corrected chi connectivity index (χ0v) is 22.9. The Balaban J connectivity index is 1.84. The Hall–Kier alpha value is -2.83. The molecular formula is C27H24BrIN2O3. The van der Waals surface area contributed by atoms with Gasteiger partial charge in [0.2, 0.25) is 0 Å². The van der Waals surface area contributed by atoms with Gasteiger partial charge >= 0.3 is 0 Å². The SMILES string of the molecule is CCOc1cc(/C=C(\C#N)C(=O)Nc2ccc(C)c(C)c2)c(Br)cc1OCc1ccc(I)cc1. The van der Waals surface area contributed by atoms with E-state index in [0.717, 1.165) is 20.3 Å². The number of carbonyl (C=O) groups is 1. The van der Waals surface area contributed by atoms with E-state index in [1.165, 1.54) is 6.08 Å². The van der Waals surface area contributed by atoms with E-state index in [1.54, 1.807) is 12.1 Å². The molecule has 0 bridgehead atoms. The van der Waals surface area contributed by atoms with Crippen molar-refractivity contribution in [1.29, 1.82) is 5.26 Å². The van der Waals surface area contributed by atoms with Gasteiger partial charge in [0.25, 0.3) is 5.91 Å². The third-order valence-corrected chi connectivity index (χ3v) is 6.51. The summed E-state index contributed by atoms with van der Waals surface area (Å²) in [6.07, 6.45) is 1.53. The van der Waals surface area contributed by atoms with E-state index in [0.29, 0.717) is 40.4 Å². The lowest BCUT2D eigenvalue weighted by Crippen LogP contribution is -2.13. The Bertz CT molecular complexity index is 1260. The Labute approximate surface area is 222 Å². The number of amides is 1. The maximum atomic E-state index is 12.7. The number of halogens is 2. The monoisotopic (exact) mass is 630 g/mol. The van der Waals surface area contributed by atoms with E-state index >= 15 is 0 Å². The van der Waals surface area contributed by atoms with Crippen molar-refractivity contribution in [3.63, 3.8) is 0 Å².